The van der Waals surface area contributed by atoms with Gasteiger partial charge in [0.25, 0.3) is 5.91 Å². The lowest BCUT2D eigenvalue weighted by molar-refractivity contribution is -0.115. The van der Waals surface area contributed by atoms with Crippen LogP contribution in [-0.2, 0) is 4.79 Å². The first-order valence-electron chi connectivity index (χ1n) is 7.70. The molecule has 2 aromatic carbocycles. The molecule has 25 heavy (non-hydrogen) atoms. The monoisotopic (exact) mass is 354 g/mol. The minimum atomic E-state index is -0.205. The molecule has 0 spiro atoms. The van der Waals surface area contributed by atoms with Gasteiger partial charge in [-0.15, -0.1) is 0 Å². The van der Waals surface area contributed by atoms with Gasteiger partial charge in [-0.2, -0.15) is 0 Å². The Bertz CT molecular complexity index is 904. The largest absolute Gasteiger partial charge is 0.504 e. The Labute approximate surface area is 150 Å². The highest BCUT2D eigenvalue weighted by Crippen LogP contribution is 2.32. The highest BCUT2D eigenvalue weighted by molar-refractivity contribution is 8.18. The summed E-state index contributed by atoms with van der Waals surface area (Å²) < 4.78 is 5.02. The first-order chi connectivity index (χ1) is 12.0. The lowest BCUT2D eigenvalue weighted by Crippen LogP contribution is -2.19. The van der Waals surface area contributed by atoms with Crippen molar-refractivity contribution in [2.75, 3.05) is 7.11 Å². The van der Waals surface area contributed by atoms with E-state index in [0.29, 0.717) is 21.4 Å². The smallest absolute Gasteiger partial charge is 0.264 e. The maximum Gasteiger partial charge on any atom is 0.264 e. The lowest BCUT2D eigenvalue weighted by Gasteiger charge is -2.03. The first kappa shape index (κ1) is 17.1. The van der Waals surface area contributed by atoms with Crippen molar-refractivity contribution in [2.45, 2.75) is 13.8 Å². The maximum absolute atomic E-state index is 12.2. The molecule has 0 aromatic heterocycles. The van der Waals surface area contributed by atoms with Gasteiger partial charge in [0, 0.05) is 0 Å². The normalized spacial score (nSPS) is 17.2. The van der Waals surface area contributed by atoms with Gasteiger partial charge in [0.15, 0.2) is 16.7 Å². The van der Waals surface area contributed by atoms with Crippen molar-refractivity contribution in [2.24, 2.45) is 4.99 Å². The number of carbonyl (C=O) groups is 1. The van der Waals surface area contributed by atoms with E-state index >= 15 is 0 Å². The van der Waals surface area contributed by atoms with Crippen LogP contribution in [-0.4, -0.2) is 23.3 Å². The molecule has 2 aromatic rings. The number of methoxy groups -OCH3 is 1. The minimum absolute atomic E-state index is 0.0319. The Morgan fingerprint density at radius 3 is 2.68 bits per heavy atom. The van der Waals surface area contributed by atoms with E-state index in [1.807, 2.05) is 26.0 Å². The van der Waals surface area contributed by atoms with E-state index in [1.54, 1.807) is 24.3 Å². The van der Waals surface area contributed by atoms with Crippen molar-refractivity contribution >= 4 is 34.6 Å². The van der Waals surface area contributed by atoms with Gasteiger partial charge < -0.3 is 15.2 Å². The molecule has 1 fully saturated rings. The number of hydrogen-bond acceptors (Lipinski definition) is 5. The number of carbonyl (C=O) groups excluding carboxylic acids is 1. The summed E-state index contributed by atoms with van der Waals surface area (Å²) in [6.45, 7) is 4.02. The van der Waals surface area contributed by atoms with Crippen LogP contribution in [0, 0.1) is 13.8 Å². The molecule has 1 saturated heterocycles. The van der Waals surface area contributed by atoms with Gasteiger partial charge >= 0.3 is 0 Å². The van der Waals surface area contributed by atoms with Gasteiger partial charge in [-0.25, -0.2) is 4.99 Å². The van der Waals surface area contributed by atoms with Gasteiger partial charge in [0.1, 0.15) is 0 Å². The summed E-state index contributed by atoms with van der Waals surface area (Å²) in [5.74, 6) is 0.219. The van der Waals surface area contributed by atoms with E-state index in [4.69, 9.17) is 4.74 Å². The van der Waals surface area contributed by atoms with Crippen LogP contribution in [0.1, 0.15) is 16.7 Å². The molecule has 1 aliphatic heterocycles. The molecule has 1 heterocycles. The van der Waals surface area contributed by atoms with Crippen LogP contribution in [0.5, 0.6) is 11.5 Å². The van der Waals surface area contributed by atoms with Crippen molar-refractivity contribution in [3.63, 3.8) is 0 Å². The van der Waals surface area contributed by atoms with E-state index in [-0.39, 0.29) is 11.7 Å². The van der Waals surface area contributed by atoms with E-state index in [0.717, 1.165) is 11.3 Å². The summed E-state index contributed by atoms with van der Waals surface area (Å²) >= 11 is 1.27. The van der Waals surface area contributed by atoms with Crippen LogP contribution < -0.4 is 10.1 Å². The number of rotatable bonds is 3. The van der Waals surface area contributed by atoms with Crippen LogP contribution >= 0.6 is 11.8 Å². The molecule has 5 nitrogen and oxygen atoms in total. The van der Waals surface area contributed by atoms with Gasteiger partial charge in [-0.05, 0) is 61.0 Å². The molecule has 1 amide bonds. The predicted octanol–water partition coefficient (Wildman–Crippen LogP) is 3.91. The molecule has 128 valence electrons. The fourth-order valence-electron chi connectivity index (χ4n) is 2.47. The summed E-state index contributed by atoms with van der Waals surface area (Å²) in [5.41, 5.74) is 3.77. The molecule has 6 heteroatoms. The number of hydrogen-bond donors (Lipinski definition) is 2. The molecule has 0 unspecified atom stereocenters. The second-order valence-corrected chi connectivity index (χ2v) is 6.73. The Hall–Kier alpha value is -2.73. The molecule has 0 bridgehead atoms. The van der Waals surface area contributed by atoms with Crippen molar-refractivity contribution in [3.05, 3.63) is 58.0 Å². The Balaban J connectivity index is 1.84. The van der Waals surface area contributed by atoms with Crippen molar-refractivity contribution in [1.82, 2.24) is 5.32 Å². The number of benzene rings is 2. The molecule has 0 radical (unpaired) electrons. The molecule has 1 aliphatic rings. The molecular weight excluding hydrogens is 336 g/mol. The first-order valence-corrected chi connectivity index (χ1v) is 8.52. The summed E-state index contributed by atoms with van der Waals surface area (Å²) in [4.78, 5) is 17.2. The molecule has 0 saturated carbocycles. The second kappa shape index (κ2) is 7.03. The number of aromatic hydroxyl groups is 1. The van der Waals surface area contributed by atoms with Gasteiger partial charge in [0.05, 0.1) is 17.7 Å². The Morgan fingerprint density at radius 1 is 1.20 bits per heavy atom. The van der Waals surface area contributed by atoms with Crippen molar-refractivity contribution in [1.29, 1.82) is 0 Å². The van der Waals surface area contributed by atoms with Gasteiger partial charge in [0.2, 0.25) is 0 Å². The zero-order chi connectivity index (χ0) is 18.0. The fraction of sp³-hybridized carbons (Fsp3) is 0.158. The standard InChI is InChI=1S/C19H18N2O3S/c1-11-4-6-14(12(2)8-11)20-19-21-18(23)17(25-19)10-13-5-7-16(24-3)15(22)9-13/h4-10,22H,1-3H3,(H,20,21,23)/b17-10+. The SMILES string of the molecule is COc1ccc(/C=C2/SC(=Nc3ccc(C)cc3C)NC2=O)cc1O. The number of aryl methyl sites for hydroxylation is 2. The predicted molar refractivity (Wildman–Crippen MR) is 101 cm³/mol. The number of amides is 1. The van der Waals surface area contributed by atoms with Crippen LogP contribution in [0.25, 0.3) is 6.08 Å². The number of ether oxygens (including phenoxy) is 1. The third kappa shape index (κ3) is 3.85. The Morgan fingerprint density at radius 2 is 2.00 bits per heavy atom. The summed E-state index contributed by atoms with van der Waals surface area (Å²) in [7, 11) is 1.49. The molecular formula is C19H18N2O3S. The van der Waals surface area contributed by atoms with Crippen LogP contribution in [0.3, 0.4) is 0 Å². The van der Waals surface area contributed by atoms with Crippen LogP contribution in [0.4, 0.5) is 5.69 Å². The summed E-state index contributed by atoms with van der Waals surface area (Å²) in [5, 5.41) is 13.2. The number of phenols is 1. The number of phenolic OH excluding ortho intramolecular Hbond substituents is 1. The number of amidine groups is 1. The second-order valence-electron chi connectivity index (χ2n) is 5.70. The number of thioether (sulfide) groups is 1. The third-order valence-electron chi connectivity index (χ3n) is 3.73. The fourth-order valence-corrected chi connectivity index (χ4v) is 3.30. The zero-order valence-electron chi connectivity index (χ0n) is 14.2. The molecule has 2 N–H and O–H groups in total. The van der Waals surface area contributed by atoms with E-state index in [9.17, 15) is 9.90 Å². The van der Waals surface area contributed by atoms with Crippen LogP contribution in [0.2, 0.25) is 0 Å². The highest BCUT2D eigenvalue weighted by atomic mass is 32.2. The van der Waals surface area contributed by atoms with Gasteiger partial charge in [-0.3, -0.25) is 4.79 Å². The van der Waals surface area contributed by atoms with Crippen molar-refractivity contribution in [3.8, 4) is 11.5 Å². The zero-order valence-corrected chi connectivity index (χ0v) is 15.0. The molecule has 0 aliphatic carbocycles. The quantitative estimate of drug-likeness (QED) is 0.820. The number of nitrogens with one attached hydrogen (secondary N) is 1. The van der Waals surface area contributed by atoms with E-state index in [2.05, 4.69) is 16.4 Å². The van der Waals surface area contributed by atoms with E-state index in [1.165, 1.54) is 24.4 Å². The van der Waals surface area contributed by atoms with E-state index < -0.39 is 0 Å². The average Bonchev–Trinajstić information content (AvgIpc) is 2.90. The maximum atomic E-state index is 12.2. The van der Waals surface area contributed by atoms with Crippen LogP contribution in [0.15, 0.2) is 46.3 Å². The number of nitrogens with zero attached hydrogens (tertiary/aromatic N) is 1. The Kier molecular flexibility index (Phi) is 4.81. The summed E-state index contributed by atoms with van der Waals surface area (Å²) in [6.07, 6.45) is 1.71. The topological polar surface area (TPSA) is 70.9 Å². The third-order valence-corrected chi connectivity index (χ3v) is 4.64. The average molecular weight is 354 g/mol. The molecule has 3 rings (SSSR count). The minimum Gasteiger partial charge on any atom is -0.504 e. The number of aliphatic imine (C=N–C) groups is 1. The lowest BCUT2D eigenvalue weighted by atomic mass is 10.1. The highest BCUT2D eigenvalue weighted by Gasteiger charge is 2.24. The molecule has 0 atom stereocenters. The summed E-state index contributed by atoms with van der Waals surface area (Å²) in [6, 6.07) is 11.0. The van der Waals surface area contributed by atoms with Crippen molar-refractivity contribution < 1.29 is 14.6 Å². The van der Waals surface area contributed by atoms with Gasteiger partial charge in [-0.1, -0.05) is 23.8 Å².